The van der Waals surface area contributed by atoms with Crippen LogP contribution >= 0.6 is 23.4 Å². The van der Waals surface area contributed by atoms with Crippen LogP contribution in [0.3, 0.4) is 0 Å². The van der Waals surface area contributed by atoms with Gasteiger partial charge < -0.3 is 4.74 Å². The molecule has 0 aliphatic rings. The SMILES string of the molecule is COc1ccc(-n2c(Sc3ccc(C#N)nn3)nnc2-c2ccccc2Cl)cc1. The van der Waals surface area contributed by atoms with Gasteiger partial charge in [0, 0.05) is 5.56 Å². The number of methoxy groups -OCH3 is 1. The van der Waals surface area contributed by atoms with Crippen molar-refractivity contribution in [3.63, 3.8) is 0 Å². The predicted molar refractivity (Wildman–Crippen MR) is 109 cm³/mol. The maximum atomic E-state index is 8.90. The summed E-state index contributed by atoms with van der Waals surface area (Å²) in [6.07, 6.45) is 0. The second-order valence-corrected chi connectivity index (χ2v) is 7.18. The molecule has 0 fully saturated rings. The normalized spacial score (nSPS) is 10.5. The molecule has 0 unspecified atom stereocenters. The van der Waals surface area contributed by atoms with Gasteiger partial charge in [0.25, 0.3) is 0 Å². The lowest BCUT2D eigenvalue weighted by Gasteiger charge is -2.11. The third-order valence-corrected chi connectivity index (χ3v) is 5.23. The zero-order chi connectivity index (χ0) is 20.2. The van der Waals surface area contributed by atoms with Crippen LogP contribution in [0.5, 0.6) is 5.75 Å². The minimum absolute atomic E-state index is 0.253. The fourth-order valence-corrected chi connectivity index (χ4v) is 3.63. The lowest BCUT2D eigenvalue weighted by atomic mass is 10.2. The highest BCUT2D eigenvalue weighted by molar-refractivity contribution is 7.99. The van der Waals surface area contributed by atoms with Gasteiger partial charge in [-0.15, -0.1) is 20.4 Å². The van der Waals surface area contributed by atoms with Gasteiger partial charge in [-0.3, -0.25) is 4.57 Å². The first-order valence-electron chi connectivity index (χ1n) is 8.46. The average molecular weight is 421 g/mol. The molecule has 0 saturated heterocycles. The molecular formula is C20H13ClN6OS. The number of aromatic nitrogens is 5. The van der Waals surface area contributed by atoms with Crippen LogP contribution in [0.15, 0.2) is 70.8 Å². The van der Waals surface area contributed by atoms with Gasteiger partial charge in [-0.1, -0.05) is 23.7 Å². The van der Waals surface area contributed by atoms with Crippen molar-refractivity contribution in [2.24, 2.45) is 0 Å². The molecule has 29 heavy (non-hydrogen) atoms. The molecular weight excluding hydrogens is 408 g/mol. The van der Waals surface area contributed by atoms with E-state index in [0.29, 0.717) is 21.0 Å². The van der Waals surface area contributed by atoms with Gasteiger partial charge in [-0.05, 0) is 60.3 Å². The number of nitriles is 1. The maximum Gasteiger partial charge on any atom is 0.202 e. The second-order valence-electron chi connectivity index (χ2n) is 5.79. The molecule has 7 nitrogen and oxygen atoms in total. The highest BCUT2D eigenvalue weighted by Crippen LogP contribution is 2.34. The lowest BCUT2D eigenvalue weighted by Crippen LogP contribution is -2.00. The molecule has 0 atom stereocenters. The molecule has 0 spiro atoms. The second kappa shape index (κ2) is 8.31. The number of halogens is 1. The first-order valence-corrected chi connectivity index (χ1v) is 9.65. The quantitative estimate of drug-likeness (QED) is 0.472. The predicted octanol–water partition coefficient (Wildman–Crippen LogP) is 4.41. The van der Waals surface area contributed by atoms with Crippen LogP contribution in [0.4, 0.5) is 0 Å². The lowest BCUT2D eigenvalue weighted by molar-refractivity contribution is 0.414. The van der Waals surface area contributed by atoms with E-state index in [1.807, 2.05) is 59.2 Å². The molecule has 4 aromatic rings. The Morgan fingerprint density at radius 1 is 0.966 bits per heavy atom. The summed E-state index contributed by atoms with van der Waals surface area (Å²) in [5.41, 5.74) is 1.85. The summed E-state index contributed by atoms with van der Waals surface area (Å²) >= 11 is 7.70. The molecule has 0 radical (unpaired) electrons. The third-order valence-electron chi connectivity index (χ3n) is 4.03. The number of hydrogen-bond donors (Lipinski definition) is 0. The zero-order valence-corrected chi connectivity index (χ0v) is 16.7. The highest BCUT2D eigenvalue weighted by atomic mass is 35.5. The van der Waals surface area contributed by atoms with Crippen LogP contribution in [0, 0.1) is 11.3 Å². The van der Waals surface area contributed by atoms with Crippen LogP contribution in [0.25, 0.3) is 17.1 Å². The number of benzene rings is 2. The van der Waals surface area contributed by atoms with E-state index in [0.717, 1.165) is 17.0 Å². The number of ether oxygens (including phenoxy) is 1. The van der Waals surface area contributed by atoms with Crippen molar-refractivity contribution >= 4 is 23.4 Å². The fourth-order valence-electron chi connectivity index (χ4n) is 2.64. The Labute approximate surface area is 175 Å². The minimum atomic E-state index is 0.253. The van der Waals surface area contributed by atoms with Crippen molar-refractivity contribution in [3.8, 4) is 28.9 Å². The van der Waals surface area contributed by atoms with Gasteiger partial charge >= 0.3 is 0 Å². The Kier molecular flexibility index (Phi) is 5.42. The van der Waals surface area contributed by atoms with Crippen LogP contribution in [0.1, 0.15) is 5.69 Å². The smallest absolute Gasteiger partial charge is 0.202 e. The summed E-state index contributed by atoms with van der Waals surface area (Å²) in [7, 11) is 1.62. The van der Waals surface area contributed by atoms with Crippen molar-refractivity contribution < 1.29 is 4.74 Å². The summed E-state index contributed by atoms with van der Waals surface area (Å²) in [6.45, 7) is 0. The van der Waals surface area contributed by atoms with Crippen molar-refractivity contribution in [3.05, 3.63) is 71.4 Å². The number of hydrogen-bond acceptors (Lipinski definition) is 7. The molecule has 0 N–H and O–H groups in total. The van der Waals surface area contributed by atoms with Crippen molar-refractivity contribution in [2.75, 3.05) is 7.11 Å². The molecule has 142 valence electrons. The van der Waals surface area contributed by atoms with Crippen molar-refractivity contribution in [1.29, 1.82) is 5.26 Å². The molecule has 0 aliphatic carbocycles. The van der Waals surface area contributed by atoms with Gasteiger partial charge in [-0.25, -0.2) is 0 Å². The summed E-state index contributed by atoms with van der Waals surface area (Å²) in [4.78, 5) is 0. The van der Waals surface area contributed by atoms with E-state index in [4.69, 9.17) is 21.6 Å². The van der Waals surface area contributed by atoms with E-state index in [9.17, 15) is 0 Å². The molecule has 9 heteroatoms. The monoisotopic (exact) mass is 420 g/mol. The summed E-state index contributed by atoms with van der Waals surface area (Å²) < 4.78 is 7.15. The van der Waals surface area contributed by atoms with E-state index in [1.165, 1.54) is 11.8 Å². The average Bonchev–Trinajstić information content (AvgIpc) is 3.18. The minimum Gasteiger partial charge on any atom is -0.497 e. The standard InChI is InChI=1S/C20H13ClN6OS/c1-28-15-9-7-14(8-10-15)27-19(16-4-2-3-5-17(16)21)25-26-20(27)29-18-11-6-13(12-22)23-24-18/h2-11H,1H3. The molecule has 2 aromatic heterocycles. The van der Waals surface area contributed by atoms with E-state index < -0.39 is 0 Å². The van der Waals surface area contributed by atoms with Crippen LogP contribution in [-0.2, 0) is 0 Å². The Hall–Kier alpha value is -3.41. The van der Waals surface area contributed by atoms with Gasteiger partial charge in [0.05, 0.1) is 17.8 Å². The first kappa shape index (κ1) is 18.9. The number of nitrogens with zero attached hydrogens (tertiary/aromatic N) is 6. The molecule has 0 amide bonds. The molecule has 0 saturated carbocycles. The number of rotatable bonds is 5. The molecule has 2 heterocycles. The summed E-state index contributed by atoms with van der Waals surface area (Å²) in [6, 6.07) is 20.3. The first-order chi connectivity index (χ1) is 14.2. The van der Waals surface area contributed by atoms with E-state index in [-0.39, 0.29) is 5.69 Å². The van der Waals surface area contributed by atoms with Crippen LogP contribution < -0.4 is 4.74 Å². The summed E-state index contributed by atoms with van der Waals surface area (Å²) in [5, 5.41) is 27.3. The molecule has 0 aliphatic heterocycles. The fraction of sp³-hybridized carbons (Fsp3) is 0.0500. The van der Waals surface area contributed by atoms with E-state index in [1.54, 1.807) is 19.2 Å². The van der Waals surface area contributed by atoms with Crippen LogP contribution in [0.2, 0.25) is 5.02 Å². The van der Waals surface area contributed by atoms with Crippen molar-refractivity contribution in [2.45, 2.75) is 10.2 Å². The Morgan fingerprint density at radius 2 is 1.76 bits per heavy atom. The summed E-state index contributed by atoms with van der Waals surface area (Å²) in [5.74, 6) is 1.35. The zero-order valence-electron chi connectivity index (χ0n) is 15.2. The molecule has 2 aromatic carbocycles. The maximum absolute atomic E-state index is 8.90. The van der Waals surface area contributed by atoms with Gasteiger partial charge in [-0.2, -0.15) is 5.26 Å². The topological polar surface area (TPSA) is 89.5 Å². The Bertz CT molecular complexity index is 1190. The van der Waals surface area contributed by atoms with E-state index in [2.05, 4.69) is 20.4 Å². The molecule has 4 rings (SSSR count). The third kappa shape index (κ3) is 3.92. The van der Waals surface area contributed by atoms with Gasteiger partial charge in [0.2, 0.25) is 5.16 Å². The van der Waals surface area contributed by atoms with Crippen LogP contribution in [-0.4, -0.2) is 32.1 Å². The molecule has 0 bridgehead atoms. The van der Waals surface area contributed by atoms with Gasteiger partial charge in [0.15, 0.2) is 11.5 Å². The highest BCUT2D eigenvalue weighted by Gasteiger charge is 2.19. The van der Waals surface area contributed by atoms with Gasteiger partial charge in [0.1, 0.15) is 16.8 Å². The Balaban J connectivity index is 1.82. The Morgan fingerprint density at radius 3 is 2.41 bits per heavy atom. The largest absolute Gasteiger partial charge is 0.497 e. The van der Waals surface area contributed by atoms with Crippen molar-refractivity contribution in [1.82, 2.24) is 25.0 Å². The van der Waals surface area contributed by atoms with E-state index >= 15 is 0 Å².